The number of aryl methyl sites for hydroxylation is 1. The molecule has 1 fully saturated rings. The number of hydrogen-bond acceptors (Lipinski definition) is 3. The van der Waals surface area contributed by atoms with Crippen molar-refractivity contribution < 1.29 is 12.8 Å². The summed E-state index contributed by atoms with van der Waals surface area (Å²) in [5, 5.41) is 0. The molecule has 0 spiro atoms. The van der Waals surface area contributed by atoms with E-state index in [1.54, 1.807) is 13.0 Å². The predicted molar refractivity (Wildman–Crippen MR) is 78.9 cm³/mol. The maximum absolute atomic E-state index is 13.7. The molecule has 0 radical (unpaired) electrons. The second-order valence-electron chi connectivity index (χ2n) is 5.17. The summed E-state index contributed by atoms with van der Waals surface area (Å²) in [5.41, 5.74) is 6.47. The molecule has 1 aromatic rings. The van der Waals surface area contributed by atoms with Crippen molar-refractivity contribution in [3.63, 3.8) is 0 Å². The fraction of sp³-hybridized carbons (Fsp3) is 0.538. The number of nitrogens with one attached hydrogen (secondary N) is 1. The zero-order chi connectivity index (χ0) is 14.0. The van der Waals surface area contributed by atoms with Crippen LogP contribution in [0, 0.1) is 12.7 Å². The lowest BCUT2D eigenvalue weighted by Gasteiger charge is -2.26. The van der Waals surface area contributed by atoms with Gasteiger partial charge in [-0.25, -0.2) is 17.5 Å². The van der Waals surface area contributed by atoms with Crippen molar-refractivity contribution >= 4 is 22.4 Å². The van der Waals surface area contributed by atoms with E-state index < -0.39 is 15.8 Å². The largest absolute Gasteiger partial charge is 0.328 e. The van der Waals surface area contributed by atoms with Gasteiger partial charge >= 0.3 is 0 Å². The van der Waals surface area contributed by atoms with E-state index >= 15 is 0 Å². The fourth-order valence-electron chi connectivity index (χ4n) is 2.34. The molecular formula is C13H20ClFN2O2S. The lowest BCUT2D eigenvalue weighted by molar-refractivity contribution is 0.373. The highest BCUT2D eigenvalue weighted by atomic mass is 35.5. The van der Waals surface area contributed by atoms with E-state index in [2.05, 4.69) is 4.72 Å². The molecule has 0 atom stereocenters. The minimum atomic E-state index is -3.79. The molecule has 0 aliphatic heterocycles. The molecule has 1 aliphatic carbocycles. The van der Waals surface area contributed by atoms with Gasteiger partial charge in [0.1, 0.15) is 10.7 Å². The van der Waals surface area contributed by atoms with Gasteiger partial charge in [0.15, 0.2) is 0 Å². The second-order valence-corrected chi connectivity index (χ2v) is 6.85. The van der Waals surface area contributed by atoms with E-state index in [4.69, 9.17) is 5.73 Å². The average molecular weight is 323 g/mol. The van der Waals surface area contributed by atoms with E-state index in [-0.39, 0.29) is 29.4 Å². The zero-order valence-electron chi connectivity index (χ0n) is 11.3. The van der Waals surface area contributed by atoms with Gasteiger partial charge in [-0.1, -0.05) is 6.07 Å². The van der Waals surface area contributed by atoms with E-state index in [0.717, 1.165) is 12.8 Å². The molecular weight excluding hydrogens is 303 g/mol. The molecule has 0 saturated heterocycles. The topological polar surface area (TPSA) is 72.2 Å². The highest BCUT2D eigenvalue weighted by molar-refractivity contribution is 7.89. The van der Waals surface area contributed by atoms with Gasteiger partial charge in [-0.2, -0.15) is 0 Å². The van der Waals surface area contributed by atoms with Crippen LogP contribution in [0.2, 0.25) is 0 Å². The first-order chi connectivity index (χ1) is 8.88. The van der Waals surface area contributed by atoms with Crippen LogP contribution in [0.25, 0.3) is 0 Å². The van der Waals surface area contributed by atoms with Crippen molar-refractivity contribution in [2.24, 2.45) is 5.73 Å². The maximum Gasteiger partial charge on any atom is 0.243 e. The van der Waals surface area contributed by atoms with Crippen LogP contribution in [0.15, 0.2) is 23.1 Å². The molecule has 0 aromatic heterocycles. The van der Waals surface area contributed by atoms with E-state index in [1.807, 2.05) is 0 Å². The minimum Gasteiger partial charge on any atom is -0.328 e. The maximum atomic E-state index is 13.7. The summed E-state index contributed by atoms with van der Waals surface area (Å²) in [7, 11) is -3.79. The molecule has 2 rings (SSSR count). The molecule has 0 bridgehead atoms. The third kappa shape index (κ3) is 4.15. The molecule has 4 nitrogen and oxygen atoms in total. The number of sulfonamides is 1. The van der Waals surface area contributed by atoms with Gasteiger partial charge in [0, 0.05) is 12.1 Å². The molecule has 7 heteroatoms. The van der Waals surface area contributed by atoms with Crippen molar-refractivity contribution in [3.8, 4) is 0 Å². The Morgan fingerprint density at radius 3 is 2.40 bits per heavy atom. The van der Waals surface area contributed by atoms with Crippen molar-refractivity contribution in [2.45, 2.75) is 49.6 Å². The predicted octanol–water partition coefficient (Wildman–Crippen LogP) is 2.10. The smallest absolute Gasteiger partial charge is 0.243 e. The van der Waals surface area contributed by atoms with Crippen molar-refractivity contribution in [2.75, 3.05) is 0 Å². The first-order valence-corrected chi connectivity index (χ1v) is 7.91. The number of hydrogen-bond donors (Lipinski definition) is 2. The highest BCUT2D eigenvalue weighted by Crippen LogP contribution is 2.21. The number of benzene rings is 1. The number of nitrogens with two attached hydrogens (primary N) is 1. The standard InChI is InChI=1S/C13H19FN2O2S.ClH/c1-9-2-7-13(12(14)8-9)19(17,18)16-11-5-3-10(15)4-6-11;/h2,7-8,10-11,16H,3-6,15H2,1H3;1H. The molecule has 0 heterocycles. The summed E-state index contributed by atoms with van der Waals surface area (Å²) in [6.07, 6.45) is 2.99. The molecule has 114 valence electrons. The Hall–Kier alpha value is -0.690. The lowest BCUT2D eigenvalue weighted by atomic mass is 9.93. The summed E-state index contributed by atoms with van der Waals surface area (Å²) >= 11 is 0. The molecule has 1 saturated carbocycles. The van der Waals surface area contributed by atoms with Crippen LogP contribution in [0.4, 0.5) is 4.39 Å². The Balaban J connectivity index is 0.00000200. The number of halogens is 2. The van der Waals surface area contributed by atoms with E-state index in [9.17, 15) is 12.8 Å². The Morgan fingerprint density at radius 2 is 1.85 bits per heavy atom. The zero-order valence-corrected chi connectivity index (χ0v) is 12.9. The van der Waals surface area contributed by atoms with Crippen LogP contribution in [0.1, 0.15) is 31.2 Å². The third-order valence-electron chi connectivity index (χ3n) is 3.47. The Morgan fingerprint density at radius 1 is 1.25 bits per heavy atom. The lowest BCUT2D eigenvalue weighted by Crippen LogP contribution is -2.40. The Bertz CT molecular complexity index is 557. The Labute approximate surface area is 125 Å². The normalized spacial score (nSPS) is 23.1. The van der Waals surface area contributed by atoms with Crippen LogP contribution in [-0.4, -0.2) is 20.5 Å². The van der Waals surface area contributed by atoms with Crippen LogP contribution in [0.3, 0.4) is 0 Å². The summed E-state index contributed by atoms with van der Waals surface area (Å²) in [4.78, 5) is -0.284. The van der Waals surface area contributed by atoms with E-state index in [0.29, 0.717) is 18.4 Å². The van der Waals surface area contributed by atoms with Gasteiger partial charge in [-0.15, -0.1) is 12.4 Å². The first kappa shape index (κ1) is 17.4. The Kier molecular flexibility index (Phi) is 5.94. The summed E-state index contributed by atoms with van der Waals surface area (Å²) in [6, 6.07) is 4.13. The van der Waals surface area contributed by atoms with Crippen molar-refractivity contribution in [1.29, 1.82) is 0 Å². The molecule has 0 amide bonds. The fourth-order valence-corrected chi connectivity index (χ4v) is 3.71. The second kappa shape index (κ2) is 6.85. The molecule has 3 N–H and O–H groups in total. The van der Waals surface area contributed by atoms with Crippen LogP contribution < -0.4 is 10.5 Å². The van der Waals surface area contributed by atoms with E-state index in [1.165, 1.54) is 12.1 Å². The number of rotatable bonds is 3. The van der Waals surface area contributed by atoms with Crippen LogP contribution >= 0.6 is 12.4 Å². The molecule has 1 aliphatic rings. The third-order valence-corrected chi connectivity index (χ3v) is 5.02. The van der Waals surface area contributed by atoms with Crippen LogP contribution in [-0.2, 0) is 10.0 Å². The van der Waals surface area contributed by atoms with Crippen molar-refractivity contribution in [1.82, 2.24) is 4.72 Å². The van der Waals surface area contributed by atoms with Crippen molar-refractivity contribution in [3.05, 3.63) is 29.6 Å². The van der Waals surface area contributed by atoms with Gasteiger partial charge in [-0.05, 0) is 50.3 Å². The summed E-state index contributed by atoms with van der Waals surface area (Å²) in [6.45, 7) is 1.72. The monoisotopic (exact) mass is 322 g/mol. The van der Waals surface area contributed by atoms with Gasteiger partial charge in [-0.3, -0.25) is 0 Å². The molecule has 20 heavy (non-hydrogen) atoms. The summed E-state index contributed by atoms with van der Waals surface area (Å²) in [5.74, 6) is -0.708. The minimum absolute atomic E-state index is 0. The molecule has 0 unspecified atom stereocenters. The summed E-state index contributed by atoms with van der Waals surface area (Å²) < 4.78 is 40.6. The van der Waals surface area contributed by atoms with Gasteiger partial charge in [0.2, 0.25) is 10.0 Å². The quantitative estimate of drug-likeness (QED) is 0.895. The highest BCUT2D eigenvalue weighted by Gasteiger charge is 2.26. The average Bonchev–Trinajstić information content (AvgIpc) is 2.31. The van der Waals surface area contributed by atoms with Gasteiger partial charge in [0.25, 0.3) is 0 Å². The SMILES string of the molecule is Cc1ccc(S(=O)(=O)NC2CCC(N)CC2)c(F)c1.Cl. The van der Waals surface area contributed by atoms with Gasteiger partial charge in [0.05, 0.1) is 0 Å². The first-order valence-electron chi connectivity index (χ1n) is 6.42. The molecule has 1 aromatic carbocycles. The van der Waals surface area contributed by atoms with Gasteiger partial charge < -0.3 is 5.73 Å². The van der Waals surface area contributed by atoms with Crippen LogP contribution in [0.5, 0.6) is 0 Å².